The van der Waals surface area contributed by atoms with Crippen molar-refractivity contribution in [2.75, 3.05) is 39.4 Å². The van der Waals surface area contributed by atoms with Gasteiger partial charge >= 0.3 is 0 Å². The van der Waals surface area contributed by atoms with Crippen LogP contribution in [0.4, 0.5) is 4.39 Å². The molecule has 3 fully saturated rings. The molecule has 202 valence electrons. The largest absolute Gasteiger partial charge is 0.381 e. The Bertz CT molecular complexity index is 1310. The van der Waals surface area contributed by atoms with E-state index < -0.39 is 0 Å². The number of likely N-dealkylation sites (tertiary alicyclic amines) is 2. The number of pyridine rings is 1. The average Bonchev–Trinajstić information content (AvgIpc) is 3.27. The van der Waals surface area contributed by atoms with Crippen molar-refractivity contribution < 1.29 is 13.9 Å². The summed E-state index contributed by atoms with van der Waals surface area (Å²) in [6, 6.07) is 4.78. The van der Waals surface area contributed by atoms with Crippen molar-refractivity contribution in [3.05, 3.63) is 59.3 Å². The first kappa shape index (κ1) is 25.5. The van der Waals surface area contributed by atoms with Crippen molar-refractivity contribution in [1.82, 2.24) is 19.4 Å². The van der Waals surface area contributed by atoms with Gasteiger partial charge < -0.3 is 19.1 Å². The molecule has 1 amide bonds. The molecule has 5 heterocycles. The highest BCUT2D eigenvalue weighted by atomic mass is 19.1. The van der Waals surface area contributed by atoms with Gasteiger partial charge in [0.1, 0.15) is 5.82 Å². The molecule has 6 nitrogen and oxygen atoms in total. The zero-order valence-electron chi connectivity index (χ0n) is 22.7. The normalized spacial score (nSPS) is 21.7. The summed E-state index contributed by atoms with van der Waals surface area (Å²) in [7, 11) is 0. The number of hydrogen-bond acceptors (Lipinski definition) is 4. The fourth-order valence-corrected chi connectivity index (χ4v) is 6.80. The molecule has 0 aliphatic carbocycles. The molecule has 0 N–H and O–H groups in total. The first-order valence-corrected chi connectivity index (χ1v) is 14.3. The van der Waals surface area contributed by atoms with Crippen LogP contribution >= 0.6 is 0 Å². The Labute approximate surface area is 224 Å². The third kappa shape index (κ3) is 4.98. The molecule has 38 heavy (non-hydrogen) atoms. The van der Waals surface area contributed by atoms with E-state index in [4.69, 9.17) is 4.74 Å². The lowest BCUT2D eigenvalue weighted by Crippen LogP contribution is -2.49. The summed E-state index contributed by atoms with van der Waals surface area (Å²) >= 11 is 0. The fraction of sp³-hybridized carbons (Fsp3) is 0.548. The molecular formula is C31H39FN4O2. The zero-order chi connectivity index (χ0) is 26.2. The van der Waals surface area contributed by atoms with Crippen molar-refractivity contribution in [1.29, 1.82) is 0 Å². The maximum absolute atomic E-state index is 14.5. The van der Waals surface area contributed by atoms with Gasteiger partial charge in [0.25, 0.3) is 5.91 Å². The average molecular weight is 519 g/mol. The molecule has 3 saturated heterocycles. The third-order valence-corrected chi connectivity index (χ3v) is 8.89. The summed E-state index contributed by atoms with van der Waals surface area (Å²) in [6.45, 7) is 10.2. The lowest BCUT2D eigenvalue weighted by molar-refractivity contribution is 0.0254. The van der Waals surface area contributed by atoms with E-state index in [1.165, 1.54) is 42.5 Å². The minimum atomic E-state index is -0.383. The second kappa shape index (κ2) is 10.8. The standard InChI is InChI=1S/C31H39FN4O2/c1-21-15-33-16-29-30(21)25(13-24-18-34(19-24)17-23-8-11-38-12-9-23)20-36(29)28-7-6-26(32)14-27(28)31(37)35-10-4-3-5-22(35)2/h6-7,14-16,20,22-24H,3-5,8-13,17-19H2,1-2H3. The Morgan fingerprint density at radius 2 is 1.92 bits per heavy atom. The molecule has 7 heteroatoms. The first-order valence-electron chi connectivity index (χ1n) is 14.3. The number of fused-ring (bicyclic) bond motifs is 1. The first-order chi connectivity index (χ1) is 18.5. The van der Waals surface area contributed by atoms with E-state index in [0.29, 0.717) is 11.5 Å². The molecule has 6 rings (SSSR count). The van der Waals surface area contributed by atoms with Crippen LogP contribution in [0, 0.1) is 24.6 Å². The third-order valence-electron chi connectivity index (χ3n) is 8.89. The molecule has 0 radical (unpaired) electrons. The van der Waals surface area contributed by atoms with Crippen LogP contribution in [0.5, 0.6) is 0 Å². The van der Waals surface area contributed by atoms with Gasteiger partial charge in [-0.15, -0.1) is 0 Å². The summed E-state index contributed by atoms with van der Waals surface area (Å²) in [4.78, 5) is 22.7. The van der Waals surface area contributed by atoms with Crippen LogP contribution in [0.15, 0.2) is 36.8 Å². The quantitative estimate of drug-likeness (QED) is 0.439. The van der Waals surface area contributed by atoms with Gasteiger partial charge in [0, 0.05) is 63.2 Å². The fourth-order valence-electron chi connectivity index (χ4n) is 6.80. The van der Waals surface area contributed by atoms with Gasteiger partial charge in [-0.3, -0.25) is 9.78 Å². The number of aromatic nitrogens is 2. The highest BCUT2D eigenvalue weighted by Crippen LogP contribution is 2.33. The van der Waals surface area contributed by atoms with Crippen LogP contribution in [-0.4, -0.2) is 70.7 Å². The molecular weight excluding hydrogens is 479 g/mol. The molecule has 3 aliphatic heterocycles. The highest BCUT2D eigenvalue weighted by Gasteiger charge is 2.31. The van der Waals surface area contributed by atoms with Crippen LogP contribution in [-0.2, 0) is 11.2 Å². The van der Waals surface area contributed by atoms with Gasteiger partial charge in [-0.2, -0.15) is 0 Å². The van der Waals surface area contributed by atoms with Crippen LogP contribution in [0.3, 0.4) is 0 Å². The zero-order valence-corrected chi connectivity index (χ0v) is 22.7. The van der Waals surface area contributed by atoms with Crippen LogP contribution in [0.2, 0.25) is 0 Å². The van der Waals surface area contributed by atoms with E-state index in [1.807, 2.05) is 17.3 Å². The predicted molar refractivity (Wildman–Crippen MR) is 147 cm³/mol. The van der Waals surface area contributed by atoms with E-state index in [9.17, 15) is 9.18 Å². The molecule has 1 unspecified atom stereocenters. The van der Waals surface area contributed by atoms with E-state index in [-0.39, 0.29) is 17.8 Å². The Hall–Kier alpha value is -2.77. The minimum absolute atomic E-state index is 0.0848. The molecule has 0 spiro atoms. The number of rotatable bonds is 6. The molecule has 2 aromatic heterocycles. The number of benzene rings is 1. The van der Waals surface area contributed by atoms with Crippen molar-refractivity contribution in [2.45, 2.75) is 58.4 Å². The Morgan fingerprint density at radius 3 is 2.71 bits per heavy atom. The predicted octanol–water partition coefficient (Wildman–Crippen LogP) is 5.39. The van der Waals surface area contributed by atoms with Crippen molar-refractivity contribution in [3.63, 3.8) is 0 Å². The number of carbonyl (C=O) groups excluding carboxylic acids is 1. The number of ether oxygens (including phenoxy) is 1. The number of halogens is 1. The number of piperidine rings is 1. The lowest BCUT2D eigenvalue weighted by atomic mass is 9.89. The minimum Gasteiger partial charge on any atom is -0.381 e. The van der Waals surface area contributed by atoms with E-state index >= 15 is 0 Å². The molecule has 1 aromatic carbocycles. The van der Waals surface area contributed by atoms with Gasteiger partial charge in [0.15, 0.2) is 0 Å². The lowest BCUT2D eigenvalue weighted by Gasteiger charge is -2.42. The summed E-state index contributed by atoms with van der Waals surface area (Å²) in [5.41, 5.74) is 4.55. The number of carbonyl (C=O) groups is 1. The Kier molecular flexibility index (Phi) is 7.23. The summed E-state index contributed by atoms with van der Waals surface area (Å²) in [5, 5.41) is 1.21. The molecule has 0 bridgehead atoms. The summed E-state index contributed by atoms with van der Waals surface area (Å²) in [6.07, 6.45) is 12.4. The topological polar surface area (TPSA) is 50.6 Å². The summed E-state index contributed by atoms with van der Waals surface area (Å²) in [5.74, 6) is 0.910. The van der Waals surface area contributed by atoms with Gasteiger partial charge in [-0.25, -0.2) is 4.39 Å². The molecule has 3 aromatic rings. The number of hydrogen-bond donors (Lipinski definition) is 0. The maximum atomic E-state index is 14.5. The van der Waals surface area contributed by atoms with Crippen molar-refractivity contribution in [2.24, 2.45) is 11.8 Å². The smallest absolute Gasteiger partial charge is 0.256 e. The number of amides is 1. The van der Waals surface area contributed by atoms with Crippen LogP contribution in [0.25, 0.3) is 16.6 Å². The van der Waals surface area contributed by atoms with E-state index in [2.05, 4.69) is 34.5 Å². The van der Waals surface area contributed by atoms with Gasteiger partial charge in [-0.1, -0.05) is 0 Å². The highest BCUT2D eigenvalue weighted by molar-refractivity contribution is 5.99. The van der Waals surface area contributed by atoms with Crippen LogP contribution < -0.4 is 0 Å². The van der Waals surface area contributed by atoms with Crippen LogP contribution in [0.1, 0.15) is 60.5 Å². The Morgan fingerprint density at radius 1 is 1.11 bits per heavy atom. The van der Waals surface area contributed by atoms with Gasteiger partial charge in [0.05, 0.1) is 23.0 Å². The van der Waals surface area contributed by atoms with Crippen molar-refractivity contribution in [3.8, 4) is 5.69 Å². The van der Waals surface area contributed by atoms with Crippen molar-refractivity contribution >= 4 is 16.8 Å². The molecule has 3 aliphatic rings. The SMILES string of the molecule is Cc1cncc2c1c(CC1CN(CC3CCOCC3)C1)cn2-c1ccc(F)cc1C(=O)N1CCCCC1C. The van der Waals surface area contributed by atoms with E-state index in [0.717, 1.165) is 81.2 Å². The second-order valence-electron chi connectivity index (χ2n) is 11.7. The van der Waals surface area contributed by atoms with Gasteiger partial charge in [-0.05, 0) is 93.5 Å². The monoisotopic (exact) mass is 518 g/mol. The Balaban J connectivity index is 1.28. The van der Waals surface area contributed by atoms with Gasteiger partial charge in [0.2, 0.25) is 0 Å². The second-order valence-corrected chi connectivity index (χ2v) is 11.7. The molecule has 0 saturated carbocycles. The van der Waals surface area contributed by atoms with E-state index in [1.54, 1.807) is 6.07 Å². The maximum Gasteiger partial charge on any atom is 0.256 e. The molecule has 1 atom stereocenters. The number of nitrogens with zero attached hydrogens (tertiary/aromatic N) is 4. The summed E-state index contributed by atoms with van der Waals surface area (Å²) < 4.78 is 22.1. The number of aryl methyl sites for hydroxylation is 1.